The van der Waals surface area contributed by atoms with E-state index < -0.39 is 14.9 Å². The Labute approximate surface area is 197 Å². The van der Waals surface area contributed by atoms with E-state index in [2.05, 4.69) is 0 Å². The molecule has 0 atom stereocenters. The highest BCUT2D eigenvalue weighted by atomic mass is 32.2. The van der Waals surface area contributed by atoms with Gasteiger partial charge in [0.05, 0.1) is 9.82 Å². The first-order chi connectivity index (χ1) is 16.3. The maximum absolute atomic E-state index is 12.9. The molecule has 0 spiro atoms. The van der Waals surface area contributed by atoms with Crippen molar-refractivity contribution in [2.24, 2.45) is 0 Å². The number of rotatable bonds is 7. The normalized spacial score (nSPS) is 15.6. The van der Waals surface area contributed by atoms with Crippen molar-refractivity contribution in [2.75, 3.05) is 51.0 Å². The van der Waals surface area contributed by atoms with E-state index in [9.17, 15) is 23.3 Å². The summed E-state index contributed by atoms with van der Waals surface area (Å²) in [5.74, 6) is 0.966. The van der Waals surface area contributed by atoms with Gasteiger partial charge in [-0.2, -0.15) is 4.31 Å². The molecule has 0 N–H and O–H groups in total. The summed E-state index contributed by atoms with van der Waals surface area (Å²) in [6.45, 7) is 5.58. The number of anilines is 1. The van der Waals surface area contributed by atoms with Crippen molar-refractivity contribution in [3.05, 3.63) is 52.1 Å². The third-order valence-electron chi connectivity index (χ3n) is 6.01. The van der Waals surface area contributed by atoms with Gasteiger partial charge in [0.25, 0.3) is 11.6 Å². The van der Waals surface area contributed by atoms with Gasteiger partial charge in [-0.25, -0.2) is 8.42 Å². The molecule has 0 aliphatic carbocycles. The second kappa shape index (κ2) is 9.47. The van der Waals surface area contributed by atoms with Gasteiger partial charge in [0.2, 0.25) is 16.8 Å². The van der Waals surface area contributed by atoms with Gasteiger partial charge in [0.15, 0.2) is 11.5 Å². The first-order valence-corrected chi connectivity index (χ1v) is 12.4. The predicted octanol–water partition coefficient (Wildman–Crippen LogP) is 2.32. The van der Waals surface area contributed by atoms with Crippen LogP contribution in [0.2, 0.25) is 0 Å². The van der Waals surface area contributed by atoms with Gasteiger partial charge in [-0.3, -0.25) is 14.9 Å². The van der Waals surface area contributed by atoms with Crippen molar-refractivity contribution in [1.29, 1.82) is 0 Å². The standard InChI is InChI=1S/C22H26N4O7S/c1-3-25(4-2)34(30,31)17-6-7-18(19(14-17)26(28)29)23-9-11-24(12-10-23)22(27)16-5-8-20-21(13-16)33-15-32-20/h5-8,13-14H,3-4,9-12,15H2,1-2H3. The molecule has 4 rings (SSSR count). The fourth-order valence-electron chi connectivity index (χ4n) is 4.15. The number of amides is 1. The van der Waals surface area contributed by atoms with Crippen LogP contribution in [-0.2, 0) is 10.0 Å². The van der Waals surface area contributed by atoms with E-state index in [1.54, 1.807) is 41.8 Å². The monoisotopic (exact) mass is 490 g/mol. The van der Waals surface area contributed by atoms with Gasteiger partial charge in [0.1, 0.15) is 5.69 Å². The number of nitro groups is 1. The Balaban J connectivity index is 1.50. The summed E-state index contributed by atoms with van der Waals surface area (Å²) in [5.41, 5.74) is 0.539. The molecule has 0 radical (unpaired) electrons. The van der Waals surface area contributed by atoms with E-state index in [1.165, 1.54) is 16.4 Å². The summed E-state index contributed by atoms with van der Waals surface area (Å²) >= 11 is 0. The van der Waals surface area contributed by atoms with E-state index >= 15 is 0 Å². The molecule has 2 aliphatic rings. The third-order valence-corrected chi connectivity index (χ3v) is 8.06. The number of sulfonamides is 1. The first-order valence-electron chi connectivity index (χ1n) is 11.0. The van der Waals surface area contributed by atoms with Crippen molar-refractivity contribution in [2.45, 2.75) is 18.7 Å². The van der Waals surface area contributed by atoms with Gasteiger partial charge in [0, 0.05) is 50.9 Å². The lowest BCUT2D eigenvalue weighted by atomic mass is 10.1. The fourth-order valence-corrected chi connectivity index (χ4v) is 5.63. The first kappa shape index (κ1) is 23.8. The number of piperazine rings is 1. The summed E-state index contributed by atoms with van der Waals surface area (Å²) in [4.78, 5) is 27.5. The molecule has 0 aromatic heterocycles. The molecule has 0 unspecified atom stereocenters. The number of carbonyl (C=O) groups is 1. The second-order valence-electron chi connectivity index (χ2n) is 7.84. The number of hydrogen-bond donors (Lipinski definition) is 0. The van der Waals surface area contributed by atoms with E-state index in [-0.39, 0.29) is 36.4 Å². The molecule has 0 bridgehead atoms. The largest absolute Gasteiger partial charge is 0.454 e. The molecule has 2 aromatic rings. The highest BCUT2D eigenvalue weighted by Crippen LogP contribution is 2.34. The number of fused-ring (bicyclic) bond motifs is 1. The molecule has 1 fully saturated rings. The van der Waals surface area contributed by atoms with Crippen molar-refractivity contribution in [1.82, 2.24) is 9.21 Å². The number of carbonyl (C=O) groups excluding carboxylic acids is 1. The lowest BCUT2D eigenvalue weighted by Gasteiger charge is -2.36. The summed E-state index contributed by atoms with van der Waals surface area (Å²) in [5, 5.41) is 11.8. The molecule has 2 aromatic carbocycles. The van der Waals surface area contributed by atoms with E-state index in [1.807, 2.05) is 0 Å². The maximum Gasteiger partial charge on any atom is 0.293 e. The summed E-state index contributed by atoms with van der Waals surface area (Å²) in [7, 11) is -3.82. The van der Waals surface area contributed by atoms with Gasteiger partial charge in [-0.05, 0) is 30.3 Å². The molecule has 1 saturated heterocycles. The van der Waals surface area contributed by atoms with Crippen LogP contribution in [0.25, 0.3) is 0 Å². The number of nitro benzene ring substituents is 1. The van der Waals surface area contributed by atoms with Crippen LogP contribution in [0.5, 0.6) is 11.5 Å². The zero-order valence-corrected chi connectivity index (χ0v) is 19.8. The highest BCUT2D eigenvalue weighted by Gasteiger charge is 2.30. The Hall–Kier alpha value is -3.38. The van der Waals surface area contributed by atoms with Gasteiger partial charge in [-0.1, -0.05) is 13.8 Å². The smallest absolute Gasteiger partial charge is 0.293 e. The van der Waals surface area contributed by atoms with Crippen LogP contribution in [-0.4, -0.2) is 74.5 Å². The Morgan fingerprint density at radius 3 is 2.35 bits per heavy atom. The molecular weight excluding hydrogens is 464 g/mol. The Kier molecular flexibility index (Phi) is 6.62. The molecule has 11 nitrogen and oxygen atoms in total. The number of nitrogens with zero attached hydrogens (tertiary/aromatic N) is 4. The van der Waals surface area contributed by atoms with Crippen molar-refractivity contribution in [3.8, 4) is 11.5 Å². The number of ether oxygens (including phenoxy) is 2. The molecule has 2 aliphatic heterocycles. The average Bonchev–Trinajstić information content (AvgIpc) is 3.32. The van der Waals surface area contributed by atoms with Crippen LogP contribution in [0.3, 0.4) is 0 Å². The molecule has 182 valence electrons. The lowest BCUT2D eigenvalue weighted by Crippen LogP contribution is -2.49. The zero-order chi connectivity index (χ0) is 24.5. The van der Waals surface area contributed by atoms with E-state index in [4.69, 9.17) is 9.47 Å². The Morgan fingerprint density at radius 2 is 1.71 bits per heavy atom. The fraction of sp³-hybridized carbons (Fsp3) is 0.409. The minimum atomic E-state index is -3.82. The highest BCUT2D eigenvalue weighted by molar-refractivity contribution is 7.89. The van der Waals surface area contributed by atoms with Crippen molar-refractivity contribution >= 4 is 27.3 Å². The topological polar surface area (TPSA) is 123 Å². The van der Waals surface area contributed by atoms with Crippen LogP contribution < -0.4 is 14.4 Å². The van der Waals surface area contributed by atoms with Crippen molar-refractivity contribution in [3.63, 3.8) is 0 Å². The van der Waals surface area contributed by atoms with Gasteiger partial charge >= 0.3 is 0 Å². The quantitative estimate of drug-likeness (QED) is 0.428. The van der Waals surface area contributed by atoms with Crippen LogP contribution >= 0.6 is 0 Å². The van der Waals surface area contributed by atoms with E-state index in [0.717, 1.165) is 6.07 Å². The molecule has 34 heavy (non-hydrogen) atoms. The molecular formula is C22H26N4O7S. The second-order valence-corrected chi connectivity index (χ2v) is 9.78. The van der Waals surface area contributed by atoms with Gasteiger partial charge < -0.3 is 19.3 Å². The third kappa shape index (κ3) is 4.38. The van der Waals surface area contributed by atoms with Crippen LogP contribution in [0.4, 0.5) is 11.4 Å². The van der Waals surface area contributed by atoms with Crippen molar-refractivity contribution < 1.29 is 27.6 Å². The minimum absolute atomic E-state index is 0.108. The SMILES string of the molecule is CCN(CC)S(=O)(=O)c1ccc(N2CCN(C(=O)c3ccc4c(c3)OCO4)CC2)c([N+](=O)[O-])c1. The summed E-state index contributed by atoms with van der Waals surface area (Å²) in [6, 6.07) is 9.03. The number of benzene rings is 2. The summed E-state index contributed by atoms with van der Waals surface area (Å²) < 4.78 is 37.5. The van der Waals surface area contributed by atoms with Crippen LogP contribution in [0.1, 0.15) is 24.2 Å². The average molecular weight is 491 g/mol. The predicted molar refractivity (Wildman–Crippen MR) is 124 cm³/mol. The molecule has 0 saturated carbocycles. The number of hydrogen-bond acceptors (Lipinski definition) is 8. The Morgan fingerprint density at radius 1 is 1.03 bits per heavy atom. The Bertz CT molecular complexity index is 1210. The van der Waals surface area contributed by atoms with Gasteiger partial charge in [-0.15, -0.1) is 0 Å². The lowest BCUT2D eigenvalue weighted by molar-refractivity contribution is -0.384. The molecule has 1 amide bonds. The van der Waals surface area contributed by atoms with E-state index in [0.29, 0.717) is 48.9 Å². The zero-order valence-electron chi connectivity index (χ0n) is 19.0. The summed E-state index contributed by atoms with van der Waals surface area (Å²) in [6.07, 6.45) is 0. The van der Waals surface area contributed by atoms with Crippen LogP contribution in [0.15, 0.2) is 41.3 Å². The van der Waals surface area contributed by atoms with Crippen LogP contribution in [0, 0.1) is 10.1 Å². The minimum Gasteiger partial charge on any atom is -0.454 e. The maximum atomic E-state index is 12.9. The molecule has 12 heteroatoms. The molecule has 2 heterocycles.